The lowest BCUT2D eigenvalue weighted by Crippen LogP contribution is -2.10. The van der Waals surface area contributed by atoms with E-state index >= 15 is 0 Å². The summed E-state index contributed by atoms with van der Waals surface area (Å²) in [4.78, 5) is 4.48. The van der Waals surface area contributed by atoms with Crippen LogP contribution in [-0.2, 0) is 0 Å². The van der Waals surface area contributed by atoms with Crippen LogP contribution in [0.2, 0.25) is 0 Å². The number of rotatable bonds is 6. The Balaban J connectivity index is 4.02. The third kappa shape index (κ3) is 4.32. The molecule has 0 saturated carbocycles. The van der Waals surface area contributed by atoms with Gasteiger partial charge in [-0.25, -0.2) is 0 Å². The summed E-state index contributed by atoms with van der Waals surface area (Å²) in [5.41, 5.74) is 1.34. The minimum Gasteiger partial charge on any atom is -0.290 e. The molecule has 1 nitrogen and oxygen atoms in total. The molecular weight excluding hydrogens is 146 g/mol. The van der Waals surface area contributed by atoms with Crippen LogP contribution < -0.4 is 0 Å². The highest BCUT2D eigenvalue weighted by Gasteiger charge is 2.05. The lowest BCUT2D eigenvalue weighted by atomic mass is 9.98. The van der Waals surface area contributed by atoms with E-state index in [4.69, 9.17) is 0 Å². The van der Waals surface area contributed by atoms with Gasteiger partial charge in [-0.1, -0.05) is 33.3 Å². The molecule has 0 radical (unpaired) electrons. The van der Waals surface area contributed by atoms with Crippen molar-refractivity contribution in [1.29, 1.82) is 0 Å². The molecule has 0 aromatic carbocycles. The minimum atomic E-state index is 0.653. The van der Waals surface area contributed by atoms with Crippen LogP contribution >= 0.6 is 0 Å². The molecule has 0 fully saturated rings. The first-order chi connectivity index (χ1) is 5.76. The van der Waals surface area contributed by atoms with E-state index in [1.54, 1.807) is 0 Å². The van der Waals surface area contributed by atoms with Gasteiger partial charge < -0.3 is 0 Å². The first-order valence-corrected chi connectivity index (χ1v) is 4.90. The van der Waals surface area contributed by atoms with Gasteiger partial charge in [0.2, 0.25) is 0 Å². The first-order valence-electron chi connectivity index (χ1n) is 4.90. The zero-order chi connectivity index (χ0) is 9.40. The maximum Gasteiger partial charge on any atom is 0.0567 e. The van der Waals surface area contributed by atoms with Crippen molar-refractivity contribution in [2.75, 3.05) is 6.54 Å². The Kier molecular flexibility index (Phi) is 6.73. The molecule has 0 spiro atoms. The van der Waals surface area contributed by atoms with Crippen LogP contribution in [0.1, 0.15) is 40.0 Å². The number of hydrogen-bond acceptors (Lipinski definition) is 1. The molecular formula is C11H21N. The van der Waals surface area contributed by atoms with Crippen molar-refractivity contribution in [3.63, 3.8) is 0 Å². The van der Waals surface area contributed by atoms with E-state index < -0.39 is 0 Å². The zero-order valence-electron chi connectivity index (χ0n) is 8.64. The predicted octanol–water partition coefficient (Wildman–Crippen LogP) is 3.46. The number of aliphatic imine (C=N–C) groups is 1. The molecule has 0 aromatic rings. The van der Waals surface area contributed by atoms with E-state index in [1.165, 1.54) is 18.6 Å². The Labute approximate surface area is 76.6 Å². The highest BCUT2D eigenvalue weighted by Crippen LogP contribution is 2.10. The Morgan fingerprint density at radius 1 is 1.50 bits per heavy atom. The van der Waals surface area contributed by atoms with Gasteiger partial charge in [0.1, 0.15) is 0 Å². The van der Waals surface area contributed by atoms with E-state index in [1.807, 2.05) is 6.08 Å². The standard InChI is InChI=1S/C11H21N/c1-5-8-10(4)11(7-3)12-9-6-2/h6,10H,2,5,7-9H2,1,3-4H3/t10-/m0/s1. The molecule has 70 valence electrons. The average Bonchev–Trinajstić information content (AvgIpc) is 2.06. The van der Waals surface area contributed by atoms with Crippen molar-refractivity contribution in [3.8, 4) is 0 Å². The first kappa shape index (κ1) is 11.4. The molecule has 0 aliphatic carbocycles. The largest absolute Gasteiger partial charge is 0.290 e. The van der Waals surface area contributed by atoms with Crippen LogP contribution in [0, 0.1) is 5.92 Å². The molecule has 0 unspecified atom stereocenters. The summed E-state index contributed by atoms with van der Waals surface area (Å²) >= 11 is 0. The van der Waals surface area contributed by atoms with Gasteiger partial charge in [0, 0.05) is 5.71 Å². The van der Waals surface area contributed by atoms with Gasteiger partial charge in [0.25, 0.3) is 0 Å². The summed E-state index contributed by atoms with van der Waals surface area (Å²) < 4.78 is 0. The van der Waals surface area contributed by atoms with E-state index in [2.05, 4.69) is 32.3 Å². The van der Waals surface area contributed by atoms with E-state index in [-0.39, 0.29) is 0 Å². The average molecular weight is 167 g/mol. The molecule has 0 aliphatic rings. The fourth-order valence-electron chi connectivity index (χ4n) is 1.40. The molecule has 0 N–H and O–H groups in total. The highest BCUT2D eigenvalue weighted by atomic mass is 14.7. The van der Waals surface area contributed by atoms with Gasteiger partial charge in [-0.15, -0.1) is 6.58 Å². The van der Waals surface area contributed by atoms with Crippen molar-refractivity contribution in [2.45, 2.75) is 40.0 Å². The maximum atomic E-state index is 4.48. The molecule has 12 heavy (non-hydrogen) atoms. The van der Waals surface area contributed by atoms with Crippen molar-refractivity contribution in [3.05, 3.63) is 12.7 Å². The molecule has 1 heteroatoms. The van der Waals surface area contributed by atoms with Crippen LogP contribution in [0.5, 0.6) is 0 Å². The van der Waals surface area contributed by atoms with Gasteiger partial charge in [-0.3, -0.25) is 4.99 Å². The molecule has 0 bridgehead atoms. The second-order valence-corrected chi connectivity index (χ2v) is 3.16. The Bertz CT molecular complexity index is 147. The summed E-state index contributed by atoms with van der Waals surface area (Å²) in [6.07, 6.45) is 5.43. The topological polar surface area (TPSA) is 12.4 Å². The fraction of sp³-hybridized carbons (Fsp3) is 0.727. The normalized spacial score (nSPS) is 14.4. The van der Waals surface area contributed by atoms with E-state index in [0.717, 1.165) is 13.0 Å². The molecule has 0 amide bonds. The third-order valence-corrected chi connectivity index (χ3v) is 2.08. The molecule has 0 aromatic heterocycles. The lowest BCUT2D eigenvalue weighted by molar-refractivity contribution is 0.655. The molecule has 0 rings (SSSR count). The Hall–Kier alpha value is -0.590. The number of hydrogen-bond donors (Lipinski definition) is 0. The number of nitrogens with zero attached hydrogens (tertiary/aromatic N) is 1. The van der Waals surface area contributed by atoms with Crippen molar-refractivity contribution >= 4 is 5.71 Å². The fourth-order valence-corrected chi connectivity index (χ4v) is 1.40. The minimum absolute atomic E-state index is 0.653. The Morgan fingerprint density at radius 3 is 2.58 bits per heavy atom. The Morgan fingerprint density at radius 2 is 2.17 bits per heavy atom. The van der Waals surface area contributed by atoms with Crippen molar-refractivity contribution in [1.82, 2.24) is 0 Å². The van der Waals surface area contributed by atoms with Gasteiger partial charge in [-0.2, -0.15) is 0 Å². The maximum absolute atomic E-state index is 4.48. The van der Waals surface area contributed by atoms with Crippen LogP contribution in [-0.4, -0.2) is 12.3 Å². The second kappa shape index (κ2) is 7.08. The SMILES string of the molecule is C=CCN=C(CC)[C@@H](C)CCC. The molecule has 1 atom stereocenters. The van der Waals surface area contributed by atoms with E-state index in [0.29, 0.717) is 5.92 Å². The highest BCUT2D eigenvalue weighted by molar-refractivity contribution is 5.86. The van der Waals surface area contributed by atoms with Gasteiger partial charge in [0.15, 0.2) is 0 Å². The zero-order valence-corrected chi connectivity index (χ0v) is 8.64. The monoisotopic (exact) mass is 167 g/mol. The van der Waals surface area contributed by atoms with Gasteiger partial charge in [-0.05, 0) is 18.8 Å². The summed E-state index contributed by atoms with van der Waals surface area (Å²) in [5, 5.41) is 0. The smallest absolute Gasteiger partial charge is 0.0567 e. The van der Waals surface area contributed by atoms with Crippen molar-refractivity contribution in [2.24, 2.45) is 10.9 Å². The van der Waals surface area contributed by atoms with Crippen LogP contribution in [0.15, 0.2) is 17.6 Å². The summed E-state index contributed by atoms with van der Waals surface area (Å²) in [7, 11) is 0. The van der Waals surface area contributed by atoms with Gasteiger partial charge in [0.05, 0.1) is 6.54 Å². The lowest BCUT2D eigenvalue weighted by Gasteiger charge is -2.11. The molecule has 0 aliphatic heterocycles. The summed E-state index contributed by atoms with van der Waals surface area (Å²) in [6, 6.07) is 0. The van der Waals surface area contributed by atoms with E-state index in [9.17, 15) is 0 Å². The molecule has 0 saturated heterocycles. The second-order valence-electron chi connectivity index (χ2n) is 3.16. The van der Waals surface area contributed by atoms with Crippen LogP contribution in [0.25, 0.3) is 0 Å². The summed E-state index contributed by atoms with van der Waals surface area (Å²) in [5.74, 6) is 0.653. The van der Waals surface area contributed by atoms with Crippen LogP contribution in [0.4, 0.5) is 0 Å². The summed E-state index contributed by atoms with van der Waals surface area (Å²) in [6.45, 7) is 11.1. The predicted molar refractivity (Wildman–Crippen MR) is 56.9 cm³/mol. The van der Waals surface area contributed by atoms with Crippen molar-refractivity contribution < 1.29 is 0 Å². The van der Waals surface area contributed by atoms with Gasteiger partial charge >= 0.3 is 0 Å². The van der Waals surface area contributed by atoms with Crippen LogP contribution in [0.3, 0.4) is 0 Å². The molecule has 0 heterocycles. The third-order valence-electron chi connectivity index (χ3n) is 2.08. The quantitative estimate of drug-likeness (QED) is 0.424.